The number of hydrogen-bond donors (Lipinski definition) is 1. The highest BCUT2D eigenvalue weighted by atomic mass is 19.1. The van der Waals surface area contributed by atoms with Gasteiger partial charge in [0.05, 0.1) is 19.0 Å². The topological polar surface area (TPSA) is 104 Å². The van der Waals surface area contributed by atoms with Crippen LogP contribution < -0.4 is 5.32 Å². The maximum atomic E-state index is 14.1. The summed E-state index contributed by atoms with van der Waals surface area (Å²) >= 11 is 0. The van der Waals surface area contributed by atoms with E-state index in [-0.39, 0.29) is 43.0 Å². The number of aromatic nitrogens is 3. The molecule has 4 rings (SSSR count). The van der Waals surface area contributed by atoms with E-state index in [0.29, 0.717) is 30.0 Å². The Labute approximate surface area is 184 Å². The van der Waals surface area contributed by atoms with Crippen molar-refractivity contribution in [2.24, 2.45) is 0 Å². The third kappa shape index (κ3) is 4.97. The van der Waals surface area contributed by atoms with Gasteiger partial charge in [0.1, 0.15) is 5.82 Å². The number of carbonyl (C=O) groups excluding carboxylic acids is 2. The van der Waals surface area contributed by atoms with E-state index < -0.39 is 6.04 Å². The van der Waals surface area contributed by atoms with Crippen LogP contribution in [0.3, 0.4) is 0 Å². The zero-order chi connectivity index (χ0) is 22.5. The van der Waals surface area contributed by atoms with Gasteiger partial charge >= 0.3 is 0 Å². The Kier molecular flexibility index (Phi) is 6.50. The fourth-order valence-corrected chi connectivity index (χ4v) is 3.56. The smallest absolute Gasteiger partial charge is 0.246 e. The monoisotopic (exact) mass is 438 g/mol. The first-order valence-corrected chi connectivity index (χ1v) is 10.2. The fraction of sp³-hybridized carbons (Fsp3) is 0.318. The van der Waals surface area contributed by atoms with E-state index in [9.17, 15) is 14.0 Å². The number of amides is 2. The molecule has 1 saturated heterocycles. The molecule has 0 aliphatic carbocycles. The van der Waals surface area contributed by atoms with Gasteiger partial charge in [-0.05, 0) is 18.2 Å². The predicted octanol–water partition coefficient (Wildman–Crippen LogP) is 1.62. The van der Waals surface area contributed by atoms with Crippen LogP contribution in [0.4, 0.5) is 4.39 Å². The number of benzene rings is 1. The predicted molar refractivity (Wildman–Crippen MR) is 112 cm³/mol. The van der Waals surface area contributed by atoms with Crippen LogP contribution in [-0.2, 0) is 22.7 Å². The summed E-state index contributed by atoms with van der Waals surface area (Å²) in [7, 11) is 1.61. The molecule has 1 aromatic carbocycles. The zero-order valence-corrected chi connectivity index (χ0v) is 17.6. The Hall–Kier alpha value is -3.66. The summed E-state index contributed by atoms with van der Waals surface area (Å²) in [6, 6.07) is 9.33. The molecule has 1 aliphatic rings. The molecule has 3 heterocycles. The summed E-state index contributed by atoms with van der Waals surface area (Å²) in [5.41, 5.74) is 1.20. The van der Waals surface area contributed by atoms with Crippen LogP contribution in [-0.4, -0.2) is 62.9 Å². The van der Waals surface area contributed by atoms with E-state index in [1.165, 1.54) is 11.0 Å². The van der Waals surface area contributed by atoms with Crippen LogP contribution >= 0.6 is 0 Å². The molecule has 1 N–H and O–H groups in total. The van der Waals surface area contributed by atoms with Crippen LogP contribution in [0.25, 0.3) is 11.4 Å². The number of nitrogens with zero attached hydrogens (tertiary/aromatic N) is 5. The molecule has 1 unspecified atom stereocenters. The van der Waals surface area contributed by atoms with E-state index in [2.05, 4.69) is 20.4 Å². The molecular formula is C22H23FN6O3. The van der Waals surface area contributed by atoms with Crippen molar-refractivity contribution in [1.29, 1.82) is 0 Å². The molecular weight excluding hydrogens is 415 g/mol. The first-order valence-electron chi connectivity index (χ1n) is 10.2. The average molecular weight is 438 g/mol. The molecule has 166 valence electrons. The lowest BCUT2D eigenvalue weighted by atomic mass is 10.1. The minimum absolute atomic E-state index is 0.0413. The number of piperazine rings is 1. The van der Waals surface area contributed by atoms with Crippen LogP contribution in [0.5, 0.6) is 0 Å². The summed E-state index contributed by atoms with van der Waals surface area (Å²) in [5.74, 6) is -0.174. The van der Waals surface area contributed by atoms with E-state index in [0.717, 1.165) is 0 Å². The van der Waals surface area contributed by atoms with Gasteiger partial charge in [0.25, 0.3) is 0 Å². The van der Waals surface area contributed by atoms with Gasteiger partial charge in [-0.2, -0.15) is 4.98 Å². The van der Waals surface area contributed by atoms with Gasteiger partial charge in [0.2, 0.25) is 23.5 Å². The van der Waals surface area contributed by atoms with E-state index in [1.54, 1.807) is 43.7 Å². The van der Waals surface area contributed by atoms with E-state index in [4.69, 9.17) is 4.52 Å². The second-order valence-corrected chi connectivity index (χ2v) is 7.58. The summed E-state index contributed by atoms with van der Waals surface area (Å²) in [4.78, 5) is 36.9. The molecule has 1 atom stereocenters. The Morgan fingerprint density at radius 1 is 1.31 bits per heavy atom. The van der Waals surface area contributed by atoms with Gasteiger partial charge in [-0.1, -0.05) is 23.4 Å². The highest BCUT2D eigenvalue weighted by Crippen LogP contribution is 2.18. The highest BCUT2D eigenvalue weighted by Gasteiger charge is 2.33. The zero-order valence-electron chi connectivity index (χ0n) is 17.6. The van der Waals surface area contributed by atoms with Gasteiger partial charge in [0, 0.05) is 50.2 Å². The number of carbonyl (C=O) groups is 2. The average Bonchev–Trinajstić information content (AvgIpc) is 3.26. The lowest BCUT2D eigenvalue weighted by Crippen LogP contribution is -2.56. The van der Waals surface area contributed by atoms with Crippen molar-refractivity contribution in [3.05, 3.63) is 66.1 Å². The Bertz CT molecular complexity index is 1090. The molecule has 1 aliphatic heterocycles. The Balaban J connectivity index is 1.40. The van der Waals surface area contributed by atoms with Crippen molar-refractivity contribution in [2.75, 3.05) is 20.1 Å². The van der Waals surface area contributed by atoms with Gasteiger partial charge in [0.15, 0.2) is 0 Å². The third-order valence-electron chi connectivity index (χ3n) is 5.33. The molecule has 2 amide bonds. The van der Waals surface area contributed by atoms with Crippen molar-refractivity contribution in [1.82, 2.24) is 30.2 Å². The van der Waals surface area contributed by atoms with Crippen molar-refractivity contribution in [3.63, 3.8) is 0 Å². The summed E-state index contributed by atoms with van der Waals surface area (Å²) in [6.45, 7) is 1.33. The molecule has 10 heteroatoms. The molecule has 1 fully saturated rings. The molecule has 2 aromatic heterocycles. The second kappa shape index (κ2) is 9.65. The SMILES string of the molecule is CN(Cc1nc(-c2cccnc2)no1)C(=O)CC1C(=O)NCCN1Cc1ccccc1F. The minimum atomic E-state index is -0.688. The maximum absolute atomic E-state index is 14.1. The van der Waals surface area contributed by atoms with Gasteiger partial charge < -0.3 is 14.7 Å². The Morgan fingerprint density at radius 3 is 2.94 bits per heavy atom. The summed E-state index contributed by atoms with van der Waals surface area (Å²) in [5, 5.41) is 6.71. The van der Waals surface area contributed by atoms with Crippen molar-refractivity contribution >= 4 is 11.8 Å². The largest absolute Gasteiger partial charge is 0.353 e. The van der Waals surface area contributed by atoms with E-state index in [1.807, 2.05) is 11.0 Å². The Morgan fingerprint density at radius 2 is 2.16 bits per heavy atom. The molecule has 9 nitrogen and oxygen atoms in total. The van der Waals surface area contributed by atoms with Gasteiger partial charge in [-0.3, -0.25) is 19.5 Å². The first kappa shape index (κ1) is 21.6. The number of nitrogens with one attached hydrogen (secondary N) is 1. The maximum Gasteiger partial charge on any atom is 0.246 e. The number of rotatable bonds is 7. The van der Waals surface area contributed by atoms with Gasteiger partial charge in [-0.25, -0.2) is 4.39 Å². The van der Waals surface area contributed by atoms with Crippen LogP contribution in [0, 0.1) is 5.82 Å². The summed E-state index contributed by atoms with van der Waals surface area (Å²) < 4.78 is 19.3. The highest BCUT2D eigenvalue weighted by molar-refractivity contribution is 5.88. The second-order valence-electron chi connectivity index (χ2n) is 7.58. The molecule has 0 radical (unpaired) electrons. The van der Waals surface area contributed by atoms with E-state index >= 15 is 0 Å². The fourth-order valence-electron chi connectivity index (χ4n) is 3.56. The van der Waals surface area contributed by atoms with Crippen LogP contribution in [0.2, 0.25) is 0 Å². The lowest BCUT2D eigenvalue weighted by Gasteiger charge is -2.35. The summed E-state index contributed by atoms with van der Waals surface area (Å²) in [6.07, 6.45) is 3.23. The molecule has 3 aromatic rings. The van der Waals surface area contributed by atoms with Crippen LogP contribution in [0.15, 0.2) is 53.3 Å². The molecule has 0 saturated carbocycles. The molecule has 0 bridgehead atoms. The van der Waals surface area contributed by atoms with Crippen molar-refractivity contribution in [2.45, 2.75) is 25.6 Å². The number of pyridine rings is 1. The standard InChI is InChI=1S/C22H23FN6O3/c1-28(14-19-26-21(27-32-19)15-6-4-8-24-12-15)20(30)11-18-22(31)25-9-10-29(18)13-16-5-2-3-7-17(16)23/h2-8,12,18H,9-11,13-14H2,1H3,(H,25,31). The van der Waals surface area contributed by atoms with Crippen molar-refractivity contribution < 1.29 is 18.5 Å². The number of halogens is 1. The third-order valence-corrected chi connectivity index (χ3v) is 5.33. The normalized spacial score (nSPS) is 16.6. The number of hydrogen-bond acceptors (Lipinski definition) is 7. The quantitative estimate of drug-likeness (QED) is 0.598. The minimum Gasteiger partial charge on any atom is -0.353 e. The van der Waals surface area contributed by atoms with Crippen LogP contribution in [0.1, 0.15) is 17.9 Å². The van der Waals surface area contributed by atoms with Gasteiger partial charge in [-0.15, -0.1) is 0 Å². The molecule has 0 spiro atoms. The first-order chi connectivity index (χ1) is 15.5. The van der Waals surface area contributed by atoms with Crippen molar-refractivity contribution in [3.8, 4) is 11.4 Å². The molecule has 32 heavy (non-hydrogen) atoms. The lowest BCUT2D eigenvalue weighted by molar-refractivity contribution is -0.138.